The molecule has 0 bridgehead atoms. The van der Waals surface area contributed by atoms with Crippen LogP contribution in [0.5, 0.6) is 0 Å². The van der Waals surface area contributed by atoms with E-state index >= 15 is 0 Å². The molecule has 1 aromatic carbocycles. The summed E-state index contributed by atoms with van der Waals surface area (Å²) in [7, 11) is 0. The van der Waals surface area contributed by atoms with Crippen LogP contribution in [-0.2, 0) is 11.2 Å². The van der Waals surface area contributed by atoms with Crippen molar-refractivity contribution in [3.8, 4) is 0 Å². The van der Waals surface area contributed by atoms with Crippen molar-refractivity contribution in [1.82, 2.24) is 0 Å². The normalized spacial score (nSPS) is 11.4. The third-order valence-electron chi connectivity index (χ3n) is 2.43. The Kier molecular flexibility index (Phi) is 4.87. The second-order valence-corrected chi connectivity index (χ2v) is 5.97. The number of carboxylic acid groups (broad SMARTS) is 1. The Hall–Kier alpha value is -0.960. The van der Waals surface area contributed by atoms with Crippen molar-refractivity contribution in [2.45, 2.75) is 31.4 Å². The molecular formula is C13H18O2S. The molecule has 0 aliphatic rings. The van der Waals surface area contributed by atoms with Crippen LogP contribution >= 0.6 is 11.8 Å². The average molecular weight is 238 g/mol. The summed E-state index contributed by atoms with van der Waals surface area (Å²) in [4.78, 5) is 10.9. The van der Waals surface area contributed by atoms with Gasteiger partial charge in [0.2, 0.25) is 0 Å². The second-order valence-electron chi connectivity index (χ2n) is 4.25. The van der Waals surface area contributed by atoms with E-state index in [-0.39, 0.29) is 0 Å². The summed E-state index contributed by atoms with van der Waals surface area (Å²) in [5, 5.41) is 8.94. The molecule has 0 aromatic heterocycles. The monoisotopic (exact) mass is 238 g/mol. The van der Waals surface area contributed by atoms with E-state index in [0.717, 1.165) is 18.6 Å². The summed E-state index contributed by atoms with van der Waals surface area (Å²) >= 11 is 1.51. The molecule has 0 aliphatic carbocycles. The van der Waals surface area contributed by atoms with Crippen molar-refractivity contribution in [3.63, 3.8) is 0 Å². The van der Waals surface area contributed by atoms with E-state index in [1.807, 2.05) is 18.2 Å². The molecular weight excluding hydrogens is 220 g/mol. The standard InChI is InChI=1S/C13H18O2S/c1-13(2,12(14)15)16-10-6-9-11-7-4-3-5-8-11/h3-5,7-8H,6,9-10H2,1-2H3,(H,14,15). The molecule has 0 aliphatic heterocycles. The van der Waals surface area contributed by atoms with E-state index in [2.05, 4.69) is 12.1 Å². The van der Waals surface area contributed by atoms with Crippen LogP contribution in [-0.4, -0.2) is 21.6 Å². The van der Waals surface area contributed by atoms with Crippen LogP contribution in [0.25, 0.3) is 0 Å². The fourth-order valence-corrected chi connectivity index (χ4v) is 2.23. The van der Waals surface area contributed by atoms with Gasteiger partial charge in [0.1, 0.15) is 4.75 Å². The van der Waals surface area contributed by atoms with Gasteiger partial charge in [-0.2, -0.15) is 0 Å². The van der Waals surface area contributed by atoms with Crippen molar-refractivity contribution in [2.24, 2.45) is 0 Å². The Balaban J connectivity index is 2.25. The number of benzene rings is 1. The van der Waals surface area contributed by atoms with Gasteiger partial charge in [-0.05, 0) is 38.0 Å². The van der Waals surface area contributed by atoms with Crippen molar-refractivity contribution in [1.29, 1.82) is 0 Å². The van der Waals surface area contributed by atoms with Crippen molar-refractivity contribution in [3.05, 3.63) is 35.9 Å². The smallest absolute Gasteiger partial charge is 0.319 e. The largest absolute Gasteiger partial charge is 0.480 e. The third-order valence-corrected chi connectivity index (χ3v) is 3.82. The van der Waals surface area contributed by atoms with Gasteiger partial charge in [-0.15, -0.1) is 11.8 Å². The summed E-state index contributed by atoms with van der Waals surface area (Å²) < 4.78 is -0.670. The molecule has 0 heterocycles. The van der Waals surface area contributed by atoms with Crippen LogP contribution < -0.4 is 0 Å². The molecule has 0 saturated carbocycles. The van der Waals surface area contributed by atoms with E-state index in [4.69, 9.17) is 5.11 Å². The van der Waals surface area contributed by atoms with Crippen molar-refractivity contribution < 1.29 is 9.90 Å². The lowest BCUT2D eigenvalue weighted by Gasteiger charge is -2.18. The lowest BCUT2D eigenvalue weighted by molar-refractivity contribution is -0.138. The predicted octanol–water partition coefficient (Wildman–Crippen LogP) is 3.22. The fraction of sp³-hybridized carbons (Fsp3) is 0.462. The molecule has 0 saturated heterocycles. The molecule has 1 rings (SSSR count). The first-order valence-corrected chi connectivity index (χ1v) is 6.42. The molecule has 3 heteroatoms. The summed E-state index contributed by atoms with van der Waals surface area (Å²) in [6.45, 7) is 3.50. The Labute approximate surface area is 101 Å². The highest BCUT2D eigenvalue weighted by molar-refractivity contribution is 8.01. The Morgan fingerprint density at radius 1 is 1.31 bits per heavy atom. The quantitative estimate of drug-likeness (QED) is 0.773. The predicted molar refractivity (Wildman–Crippen MR) is 68.9 cm³/mol. The molecule has 2 nitrogen and oxygen atoms in total. The number of carbonyl (C=O) groups is 1. The number of aliphatic carboxylic acids is 1. The van der Waals surface area contributed by atoms with Crippen molar-refractivity contribution in [2.75, 3.05) is 5.75 Å². The highest BCUT2D eigenvalue weighted by atomic mass is 32.2. The van der Waals surface area contributed by atoms with Gasteiger partial charge in [0.05, 0.1) is 0 Å². The number of carboxylic acids is 1. The Morgan fingerprint density at radius 3 is 2.50 bits per heavy atom. The van der Waals surface area contributed by atoms with Crippen LogP contribution in [0.1, 0.15) is 25.8 Å². The highest BCUT2D eigenvalue weighted by Gasteiger charge is 2.26. The average Bonchev–Trinajstić information content (AvgIpc) is 2.26. The molecule has 1 aromatic rings. The zero-order valence-electron chi connectivity index (χ0n) is 9.77. The Bertz CT molecular complexity index is 333. The minimum atomic E-state index is -0.739. The fourth-order valence-electron chi connectivity index (χ4n) is 1.31. The lowest BCUT2D eigenvalue weighted by atomic mass is 10.1. The first-order chi connectivity index (χ1) is 7.52. The summed E-state index contributed by atoms with van der Waals surface area (Å²) in [5.74, 6) is 0.144. The molecule has 0 spiro atoms. The van der Waals surface area contributed by atoms with Crippen LogP contribution in [0.2, 0.25) is 0 Å². The minimum Gasteiger partial charge on any atom is -0.480 e. The third kappa shape index (κ3) is 4.27. The highest BCUT2D eigenvalue weighted by Crippen LogP contribution is 2.25. The van der Waals surface area contributed by atoms with E-state index in [1.54, 1.807) is 13.8 Å². The number of aryl methyl sites for hydroxylation is 1. The first kappa shape index (κ1) is 13.1. The van der Waals surface area contributed by atoms with Crippen LogP contribution in [0, 0.1) is 0 Å². The topological polar surface area (TPSA) is 37.3 Å². The number of hydrogen-bond acceptors (Lipinski definition) is 2. The van der Waals surface area contributed by atoms with Gasteiger partial charge in [-0.1, -0.05) is 30.3 Å². The second kappa shape index (κ2) is 5.94. The molecule has 0 atom stereocenters. The molecule has 16 heavy (non-hydrogen) atoms. The first-order valence-electron chi connectivity index (χ1n) is 5.43. The van der Waals surface area contributed by atoms with E-state index in [0.29, 0.717) is 0 Å². The lowest BCUT2D eigenvalue weighted by Crippen LogP contribution is -2.27. The maximum absolute atomic E-state index is 10.9. The Morgan fingerprint density at radius 2 is 1.94 bits per heavy atom. The van der Waals surface area contributed by atoms with Crippen molar-refractivity contribution >= 4 is 17.7 Å². The SMILES string of the molecule is CC(C)(SCCCc1ccccc1)C(=O)O. The molecule has 0 unspecified atom stereocenters. The maximum atomic E-state index is 10.9. The molecule has 88 valence electrons. The van der Waals surface area contributed by atoms with Gasteiger partial charge < -0.3 is 5.11 Å². The summed E-state index contributed by atoms with van der Waals surface area (Å²) in [6.07, 6.45) is 2.04. The van der Waals surface area contributed by atoms with Crippen LogP contribution in [0.15, 0.2) is 30.3 Å². The van der Waals surface area contributed by atoms with Gasteiger partial charge in [-0.3, -0.25) is 4.79 Å². The minimum absolute atomic E-state index is 0.670. The molecule has 1 N–H and O–H groups in total. The molecule has 0 amide bonds. The zero-order valence-corrected chi connectivity index (χ0v) is 10.6. The van der Waals surface area contributed by atoms with Crippen LogP contribution in [0.4, 0.5) is 0 Å². The maximum Gasteiger partial charge on any atom is 0.319 e. The number of thioether (sulfide) groups is 1. The van der Waals surface area contributed by atoms with Gasteiger partial charge in [0.15, 0.2) is 0 Å². The van der Waals surface area contributed by atoms with E-state index in [1.165, 1.54) is 17.3 Å². The van der Waals surface area contributed by atoms with Crippen LogP contribution in [0.3, 0.4) is 0 Å². The van der Waals surface area contributed by atoms with E-state index < -0.39 is 10.7 Å². The number of rotatable bonds is 6. The zero-order chi connectivity index (χ0) is 12.0. The van der Waals surface area contributed by atoms with Gasteiger partial charge >= 0.3 is 5.97 Å². The molecule has 0 radical (unpaired) electrons. The van der Waals surface area contributed by atoms with Gasteiger partial charge in [0, 0.05) is 0 Å². The summed E-state index contributed by atoms with van der Waals surface area (Å²) in [6, 6.07) is 10.3. The van der Waals surface area contributed by atoms with E-state index in [9.17, 15) is 4.79 Å². The molecule has 0 fully saturated rings. The van der Waals surface area contributed by atoms with Gasteiger partial charge in [0.25, 0.3) is 0 Å². The number of hydrogen-bond donors (Lipinski definition) is 1. The summed E-state index contributed by atoms with van der Waals surface area (Å²) in [5.41, 5.74) is 1.32. The van der Waals surface area contributed by atoms with Gasteiger partial charge in [-0.25, -0.2) is 0 Å².